The van der Waals surface area contributed by atoms with Gasteiger partial charge in [-0.1, -0.05) is 32.6 Å². The van der Waals surface area contributed by atoms with Crippen molar-refractivity contribution in [3.63, 3.8) is 0 Å². The molecule has 1 aliphatic carbocycles. The van der Waals surface area contributed by atoms with Crippen LogP contribution in [0.25, 0.3) is 0 Å². The Bertz CT molecular complexity index is 317. The number of likely N-dealkylation sites (tertiary alicyclic amines) is 1. The molecule has 1 amide bonds. The smallest absolute Gasteiger partial charge is 0.240 e. The lowest BCUT2D eigenvalue weighted by molar-refractivity contribution is -0.127. The highest BCUT2D eigenvalue weighted by Crippen LogP contribution is 2.26. The Morgan fingerprint density at radius 2 is 1.64 bits per heavy atom. The minimum atomic E-state index is -0.594. The summed E-state index contributed by atoms with van der Waals surface area (Å²) in [7, 11) is 0. The Morgan fingerprint density at radius 1 is 1.09 bits per heavy atom. The third-order valence-corrected chi connectivity index (χ3v) is 4.83. The second kappa shape index (κ2) is 10.7. The maximum atomic E-state index is 12.3. The minimum Gasteiger partial charge on any atom is -0.354 e. The first-order chi connectivity index (χ1) is 9.60. The van der Waals surface area contributed by atoms with Crippen molar-refractivity contribution in [2.75, 3.05) is 26.2 Å². The van der Waals surface area contributed by atoms with E-state index in [1.54, 1.807) is 0 Å². The molecule has 0 aromatic carbocycles. The normalized spacial score (nSPS) is 22.8. The average Bonchev–Trinajstić information content (AvgIpc) is 2.46. The predicted octanol–water partition coefficient (Wildman–Crippen LogP) is 2.73. The van der Waals surface area contributed by atoms with Gasteiger partial charge in [-0.2, -0.15) is 0 Å². The van der Waals surface area contributed by atoms with Gasteiger partial charge in [0.15, 0.2) is 0 Å². The summed E-state index contributed by atoms with van der Waals surface area (Å²) >= 11 is 0. The Labute approximate surface area is 147 Å². The molecule has 132 valence electrons. The van der Waals surface area contributed by atoms with Gasteiger partial charge in [0.05, 0.1) is 5.54 Å². The Balaban J connectivity index is 0.00000220. The highest BCUT2D eigenvalue weighted by atomic mass is 35.5. The van der Waals surface area contributed by atoms with Crippen molar-refractivity contribution in [1.29, 1.82) is 0 Å². The van der Waals surface area contributed by atoms with E-state index in [0.717, 1.165) is 38.8 Å². The largest absolute Gasteiger partial charge is 0.354 e. The van der Waals surface area contributed by atoms with Crippen molar-refractivity contribution in [2.24, 2.45) is 11.7 Å². The number of piperidine rings is 1. The molecule has 22 heavy (non-hydrogen) atoms. The van der Waals surface area contributed by atoms with Crippen molar-refractivity contribution >= 4 is 30.7 Å². The SMILES string of the molecule is CC(CNC(=O)C1(N)CCCCC1)CN1CCCCC1.Cl.Cl. The van der Waals surface area contributed by atoms with E-state index in [4.69, 9.17) is 5.73 Å². The molecule has 1 unspecified atom stereocenters. The third kappa shape index (κ3) is 6.61. The number of amides is 1. The van der Waals surface area contributed by atoms with Crippen LogP contribution in [-0.4, -0.2) is 42.5 Å². The maximum absolute atomic E-state index is 12.3. The van der Waals surface area contributed by atoms with E-state index in [9.17, 15) is 4.79 Å². The zero-order valence-electron chi connectivity index (χ0n) is 13.8. The minimum absolute atomic E-state index is 0. The fraction of sp³-hybridized carbons (Fsp3) is 0.938. The first-order valence-electron chi connectivity index (χ1n) is 8.40. The summed E-state index contributed by atoms with van der Waals surface area (Å²) in [6.07, 6.45) is 9.12. The number of halogens is 2. The Hall–Kier alpha value is -0.0300. The molecule has 6 heteroatoms. The molecule has 4 nitrogen and oxygen atoms in total. The van der Waals surface area contributed by atoms with E-state index in [1.807, 2.05) is 0 Å². The van der Waals surface area contributed by atoms with Crippen LogP contribution in [0.15, 0.2) is 0 Å². The second-order valence-corrected chi connectivity index (χ2v) is 6.89. The summed E-state index contributed by atoms with van der Waals surface area (Å²) in [5.74, 6) is 0.576. The topological polar surface area (TPSA) is 58.4 Å². The zero-order chi connectivity index (χ0) is 14.4. The summed E-state index contributed by atoms with van der Waals surface area (Å²) in [6, 6.07) is 0. The first-order valence-corrected chi connectivity index (χ1v) is 8.40. The highest BCUT2D eigenvalue weighted by Gasteiger charge is 2.35. The van der Waals surface area contributed by atoms with Crippen LogP contribution in [0.5, 0.6) is 0 Å². The molecule has 1 heterocycles. The molecule has 2 aliphatic rings. The molecular weight excluding hydrogens is 321 g/mol. The van der Waals surface area contributed by atoms with Crippen LogP contribution < -0.4 is 11.1 Å². The van der Waals surface area contributed by atoms with Crippen molar-refractivity contribution in [2.45, 2.75) is 63.8 Å². The van der Waals surface area contributed by atoms with Gasteiger partial charge in [0.2, 0.25) is 5.91 Å². The van der Waals surface area contributed by atoms with Crippen LogP contribution in [-0.2, 0) is 4.79 Å². The monoisotopic (exact) mass is 353 g/mol. The molecule has 1 aliphatic heterocycles. The lowest BCUT2D eigenvalue weighted by Crippen LogP contribution is -2.55. The van der Waals surface area contributed by atoms with Gasteiger partial charge in [-0.3, -0.25) is 4.79 Å². The molecule has 2 rings (SSSR count). The quantitative estimate of drug-likeness (QED) is 0.798. The van der Waals surface area contributed by atoms with E-state index in [-0.39, 0.29) is 30.7 Å². The van der Waals surface area contributed by atoms with Crippen LogP contribution in [0.4, 0.5) is 0 Å². The lowest BCUT2D eigenvalue weighted by atomic mass is 9.82. The molecule has 0 bridgehead atoms. The van der Waals surface area contributed by atoms with Gasteiger partial charge in [-0.25, -0.2) is 0 Å². The standard InChI is InChI=1S/C16H31N3O.2ClH/c1-14(13-19-10-6-3-7-11-19)12-18-15(20)16(17)8-4-2-5-9-16;;/h14H,2-13,17H2,1H3,(H,18,20);2*1H. The van der Waals surface area contributed by atoms with Crippen LogP contribution in [0, 0.1) is 5.92 Å². The van der Waals surface area contributed by atoms with Gasteiger partial charge < -0.3 is 16.0 Å². The van der Waals surface area contributed by atoms with Crippen molar-refractivity contribution < 1.29 is 4.79 Å². The second-order valence-electron chi connectivity index (χ2n) is 6.89. The molecule has 0 spiro atoms. The number of nitrogens with zero attached hydrogens (tertiary/aromatic N) is 1. The summed E-state index contributed by atoms with van der Waals surface area (Å²) in [5.41, 5.74) is 5.66. The van der Waals surface area contributed by atoms with Crippen LogP contribution in [0.2, 0.25) is 0 Å². The van der Waals surface area contributed by atoms with E-state index in [0.29, 0.717) is 5.92 Å². The van der Waals surface area contributed by atoms with Crippen molar-refractivity contribution in [3.05, 3.63) is 0 Å². The van der Waals surface area contributed by atoms with Gasteiger partial charge in [0, 0.05) is 13.1 Å². The molecule has 2 fully saturated rings. The van der Waals surface area contributed by atoms with Crippen molar-refractivity contribution in [1.82, 2.24) is 10.2 Å². The third-order valence-electron chi connectivity index (χ3n) is 4.83. The zero-order valence-corrected chi connectivity index (χ0v) is 15.4. The molecular formula is C16H33Cl2N3O. The number of carbonyl (C=O) groups excluding carboxylic acids is 1. The van der Waals surface area contributed by atoms with Crippen molar-refractivity contribution in [3.8, 4) is 0 Å². The van der Waals surface area contributed by atoms with Gasteiger partial charge in [-0.15, -0.1) is 24.8 Å². The van der Waals surface area contributed by atoms with Gasteiger partial charge in [-0.05, 0) is 44.7 Å². The van der Waals surface area contributed by atoms with Crippen LogP contribution >= 0.6 is 24.8 Å². The summed E-state index contributed by atoms with van der Waals surface area (Å²) in [4.78, 5) is 14.8. The van der Waals surface area contributed by atoms with Gasteiger partial charge in [0.1, 0.15) is 0 Å². The molecule has 1 saturated heterocycles. The Kier molecular flexibility index (Phi) is 10.7. The number of nitrogens with two attached hydrogens (primary N) is 1. The Morgan fingerprint density at radius 3 is 2.23 bits per heavy atom. The number of hydrogen-bond acceptors (Lipinski definition) is 3. The van der Waals surface area contributed by atoms with E-state index >= 15 is 0 Å². The number of hydrogen-bond donors (Lipinski definition) is 2. The number of carbonyl (C=O) groups is 1. The molecule has 3 N–H and O–H groups in total. The fourth-order valence-corrected chi connectivity index (χ4v) is 3.50. The number of nitrogens with one attached hydrogen (secondary N) is 1. The van der Waals surface area contributed by atoms with E-state index < -0.39 is 5.54 Å². The molecule has 1 atom stereocenters. The lowest BCUT2D eigenvalue weighted by Gasteiger charge is -2.33. The van der Waals surface area contributed by atoms with E-state index in [2.05, 4.69) is 17.1 Å². The molecule has 0 radical (unpaired) electrons. The first kappa shape index (κ1) is 22.0. The highest BCUT2D eigenvalue weighted by molar-refractivity contribution is 5.86. The average molecular weight is 354 g/mol. The number of rotatable bonds is 5. The molecule has 0 aromatic heterocycles. The van der Waals surface area contributed by atoms with Gasteiger partial charge in [0.25, 0.3) is 0 Å². The van der Waals surface area contributed by atoms with Crippen LogP contribution in [0.1, 0.15) is 58.3 Å². The van der Waals surface area contributed by atoms with E-state index in [1.165, 1.54) is 38.8 Å². The molecule has 0 aromatic rings. The summed E-state index contributed by atoms with van der Waals surface area (Å²) in [5, 5.41) is 3.09. The summed E-state index contributed by atoms with van der Waals surface area (Å²) in [6.45, 7) is 6.52. The molecule has 1 saturated carbocycles. The van der Waals surface area contributed by atoms with Gasteiger partial charge >= 0.3 is 0 Å². The summed E-state index contributed by atoms with van der Waals surface area (Å²) < 4.78 is 0. The fourth-order valence-electron chi connectivity index (χ4n) is 3.50. The predicted molar refractivity (Wildman–Crippen MR) is 97.0 cm³/mol. The maximum Gasteiger partial charge on any atom is 0.240 e. The van der Waals surface area contributed by atoms with Crippen LogP contribution in [0.3, 0.4) is 0 Å².